The molecule has 0 bridgehead atoms. The molecular formula is C15H21NO4S. The van der Waals surface area contributed by atoms with Gasteiger partial charge in [0, 0.05) is 13.1 Å². The van der Waals surface area contributed by atoms with Crippen molar-refractivity contribution in [1.29, 1.82) is 0 Å². The zero-order valence-electron chi connectivity index (χ0n) is 12.3. The molecule has 0 unspecified atom stereocenters. The lowest BCUT2D eigenvalue weighted by atomic mass is 9.73. The van der Waals surface area contributed by atoms with Crippen molar-refractivity contribution in [2.45, 2.75) is 39.2 Å². The fourth-order valence-corrected chi connectivity index (χ4v) is 3.88. The van der Waals surface area contributed by atoms with Gasteiger partial charge in [0.05, 0.1) is 16.4 Å². The van der Waals surface area contributed by atoms with Crippen LogP contribution in [0.2, 0.25) is 0 Å². The molecule has 1 aliphatic heterocycles. The van der Waals surface area contributed by atoms with Gasteiger partial charge in [0.1, 0.15) is 0 Å². The number of aliphatic carboxylic acids is 1. The topological polar surface area (TPSA) is 77.8 Å². The highest BCUT2D eigenvalue weighted by Gasteiger charge is 2.48. The Hall–Kier alpha value is -1.40. The average Bonchev–Trinajstić information content (AvgIpc) is 2.86. The highest BCUT2D eigenvalue weighted by atomic mass is 32.1. The number of thiophene rings is 1. The van der Waals surface area contributed by atoms with E-state index in [1.807, 2.05) is 25.3 Å². The third-order valence-electron chi connectivity index (χ3n) is 4.32. The highest BCUT2D eigenvalue weighted by molar-refractivity contribution is 7.12. The molecule has 116 valence electrons. The lowest BCUT2D eigenvalue weighted by molar-refractivity contribution is -0.162. The number of nitrogens with zero attached hydrogens (tertiary/aromatic N) is 1. The van der Waals surface area contributed by atoms with Crippen LogP contribution in [-0.2, 0) is 4.79 Å². The molecule has 21 heavy (non-hydrogen) atoms. The predicted molar refractivity (Wildman–Crippen MR) is 80.6 cm³/mol. The third-order valence-corrected chi connectivity index (χ3v) is 5.33. The van der Waals surface area contributed by atoms with Crippen LogP contribution in [0.3, 0.4) is 0 Å². The van der Waals surface area contributed by atoms with Gasteiger partial charge in [-0.05, 0) is 36.8 Å². The molecule has 1 aliphatic rings. The number of carboxylic acids is 1. The highest BCUT2D eigenvalue weighted by Crippen LogP contribution is 2.37. The fourth-order valence-electron chi connectivity index (χ4n) is 2.99. The summed E-state index contributed by atoms with van der Waals surface area (Å²) in [4.78, 5) is 26.3. The monoisotopic (exact) mass is 311 g/mol. The summed E-state index contributed by atoms with van der Waals surface area (Å²) in [5.41, 5.74) is -0.196. The number of amides is 1. The van der Waals surface area contributed by atoms with Gasteiger partial charge in [-0.2, -0.15) is 0 Å². The first-order valence-electron chi connectivity index (χ1n) is 7.17. The van der Waals surface area contributed by atoms with Gasteiger partial charge in [-0.25, -0.2) is 0 Å². The van der Waals surface area contributed by atoms with Crippen molar-refractivity contribution in [3.63, 3.8) is 0 Å². The zero-order chi connectivity index (χ0) is 15.6. The third kappa shape index (κ3) is 2.82. The van der Waals surface area contributed by atoms with Gasteiger partial charge in [0.15, 0.2) is 0 Å². The second-order valence-corrected chi connectivity index (χ2v) is 6.58. The van der Waals surface area contributed by atoms with Gasteiger partial charge in [0.25, 0.3) is 5.91 Å². The summed E-state index contributed by atoms with van der Waals surface area (Å²) >= 11 is 1.38. The first-order chi connectivity index (χ1) is 9.92. The van der Waals surface area contributed by atoms with E-state index in [0.717, 1.165) is 5.56 Å². The maximum Gasteiger partial charge on any atom is 0.312 e. The quantitative estimate of drug-likeness (QED) is 0.893. The number of carboxylic acid groups (broad SMARTS) is 1. The lowest BCUT2D eigenvalue weighted by Gasteiger charge is -2.42. The maximum absolute atomic E-state index is 12.4. The van der Waals surface area contributed by atoms with Gasteiger partial charge in [-0.1, -0.05) is 13.3 Å². The summed E-state index contributed by atoms with van der Waals surface area (Å²) in [5.74, 6) is -1.08. The first-order valence-corrected chi connectivity index (χ1v) is 8.05. The molecule has 2 rings (SSSR count). The van der Waals surface area contributed by atoms with E-state index in [1.54, 1.807) is 4.90 Å². The van der Waals surface area contributed by atoms with Crippen molar-refractivity contribution in [2.24, 2.45) is 5.41 Å². The lowest BCUT2D eigenvalue weighted by Crippen LogP contribution is -2.56. The molecule has 0 aromatic carbocycles. The van der Waals surface area contributed by atoms with Crippen LogP contribution in [0.15, 0.2) is 11.4 Å². The van der Waals surface area contributed by atoms with Crippen LogP contribution in [0, 0.1) is 12.3 Å². The number of carbonyl (C=O) groups excluding carboxylic acids is 1. The van der Waals surface area contributed by atoms with E-state index in [2.05, 4.69) is 0 Å². The number of likely N-dealkylation sites (tertiary alicyclic amines) is 1. The second kappa shape index (κ2) is 6.15. The summed E-state index contributed by atoms with van der Waals surface area (Å²) in [6.45, 7) is 4.24. The molecule has 0 radical (unpaired) electrons. The van der Waals surface area contributed by atoms with Crippen LogP contribution in [-0.4, -0.2) is 46.2 Å². The molecule has 0 spiro atoms. The fraction of sp³-hybridized carbons (Fsp3) is 0.600. The Labute approximate surface area is 128 Å². The van der Waals surface area contributed by atoms with Gasteiger partial charge in [-0.15, -0.1) is 11.3 Å². The smallest absolute Gasteiger partial charge is 0.312 e. The van der Waals surface area contributed by atoms with E-state index in [4.69, 9.17) is 0 Å². The molecule has 1 amide bonds. The van der Waals surface area contributed by atoms with E-state index in [9.17, 15) is 19.8 Å². The Bertz CT molecular complexity index is 542. The van der Waals surface area contributed by atoms with E-state index in [0.29, 0.717) is 30.7 Å². The van der Waals surface area contributed by atoms with E-state index in [1.165, 1.54) is 11.3 Å². The molecule has 5 nitrogen and oxygen atoms in total. The van der Waals surface area contributed by atoms with Gasteiger partial charge >= 0.3 is 5.97 Å². The van der Waals surface area contributed by atoms with Crippen molar-refractivity contribution < 1.29 is 19.8 Å². The number of piperidine rings is 1. The van der Waals surface area contributed by atoms with E-state index in [-0.39, 0.29) is 12.5 Å². The van der Waals surface area contributed by atoms with Crippen LogP contribution in [0.4, 0.5) is 0 Å². The van der Waals surface area contributed by atoms with Crippen molar-refractivity contribution in [2.75, 3.05) is 13.1 Å². The van der Waals surface area contributed by atoms with Crippen LogP contribution in [0.5, 0.6) is 0 Å². The Morgan fingerprint density at radius 1 is 1.52 bits per heavy atom. The van der Waals surface area contributed by atoms with Gasteiger partial charge in [-0.3, -0.25) is 9.59 Å². The number of rotatable bonds is 4. The van der Waals surface area contributed by atoms with Crippen LogP contribution in [0.25, 0.3) is 0 Å². The molecular weight excluding hydrogens is 290 g/mol. The Balaban J connectivity index is 2.15. The van der Waals surface area contributed by atoms with E-state index >= 15 is 0 Å². The van der Waals surface area contributed by atoms with Crippen molar-refractivity contribution in [3.05, 3.63) is 21.9 Å². The van der Waals surface area contributed by atoms with Crippen molar-refractivity contribution in [1.82, 2.24) is 4.90 Å². The second-order valence-electron chi connectivity index (χ2n) is 5.66. The molecule has 2 N–H and O–H groups in total. The summed E-state index contributed by atoms with van der Waals surface area (Å²) in [7, 11) is 0. The summed E-state index contributed by atoms with van der Waals surface area (Å²) in [6, 6.07) is 1.89. The summed E-state index contributed by atoms with van der Waals surface area (Å²) in [5, 5.41) is 21.7. The Morgan fingerprint density at radius 3 is 2.71 bits per heavy atom. The minimum Gasteiger partial charge on any atom is -0.481 e. The number of aliphatic hydroxyl groups excluding tert-OH is 1. The molecule has 1 saturated heterocycles. The van der Waals surface area contributed by atoms with Crippen LogP contribution >= 0.6 is 11.3 Å². The van der Waals surface area contributed by atoms with Crippen molar-refractivity contribution >= 4 is 23.2 Å². The Morgan fingerprint density at radius 2 is 2.24 bits per heavy atom. The number of carbonyl (C=O) groups is 2. The van der Waals surface area contributed by atoms with Gasteiger partial charge in [0.2, 0.25) is 0 Å². The van der Waals surface area contributed by atoms with Crippen LogP contribution in [0.1, 0.15) is 41.4 Å². The SMILES string of the molecule is CCC[C@]1(C(=O)O)CCN(C(=O)c2sccc2C)C[C@@H]1O. The average molecular weight is 311 g/mol. The molecule has 2 heterocycles. The summed E-state index contributed by atoms with van der Waals surface area (Å²) in [6.07, 6.45) is 0.409. The molecule has 0 saturated carbocycles. The number of aliphatic hydroxyl groups is 1. The summed E-state index contributed by atoms with van der Waals surface area (Å²) < 4.78 is 0. The first kappa shape index (κ1) is 16.0. The number of aryl methyl sites for hydroxylation is 1. The number of β-amino-alcohol motifs (C(OH)–C–C–N with tert-alkyl or cyclic N) is 1. The number of hydrogen-bond donors (Lipinski definition) is 2. The predicted octanol–water partition coefficient (Wildman–Crippen LogP) is 2.13. The number of hydrogen-bond acceptors (Lipinski definition) is 4. The standard InChI is InChI=1S/C15H21NO4S/c1-3-5-15(14(19)20)6-7-16(9-11(15)17)13(18)12-10(2)4-8-21-12/h4,8,11,17H,3,5-7,9H2,1-2H3,(H,19,20)/t11-,15-/m0/s1. The molecule has 1 aromatic rings. The van der Waals surface area contributed by atoms with Crippen LogP contribution < -0.4 is 0 Å². The minimum atomic E-state index is -1.12. The Kier molecular flexibility index (Phi) is 4.68. The molecule has 0 aliphatic carbocycles. The minimum absolute atomic E-state index is 0.0858. The van der Waals surface area contributed by atoms with Gasteiger partial charge < -0.3 is 15.1 Å². The zero-order valence-corrected chi connectivity index (χ0v) is 13.2. The van der Waals surface area contributed by atoms with Crippen molar-refractivity contribution in [3.8, 4) is 0 Å². The maximum atomic E-state index is 12.4. The largest absolute Gasteiger partial charge is 0.481 e. The molecule has 1 aromatic heterocycles. The van der Waals surface area contributed by atoms with E-state index < -0.39 is 17.5 Å². The molecule has 1 fully saturated rings. The molecule has 2 atom stereocenters. The molecule has 6 heteroatoms. The normalized spacial score (nSPS) is 25.9.